The predicted molar refractivity (Wildman–Crippen MR) is 60.5 cm³/mol. The van der Waals surface area contributed by atoms with Crippen molar-refractivity contribution in [1.82, 2.24) is 4.90 Å². The highest BCUT2D eigenvalue weighted by Gasteiger charge is 2.10. The van der Waals surface area contributed by atoms with E-state index in [0.717, 1.165) is 13.1 Å². The predicted octanol–water partition coefficient (Wildman–Crippen LogP) is 2.63. The van der Waals surface area contributed by atoms with Crippen LogP contribution in [-0.2, 0) is 19.4 Å². The van der Waals surface area contributed by atoms with Crippen LogP contribution in [0, 0.1) is 0 Å². The smallest absolute Gasteiger partial charge is 0.0230 e. The summed E-state index contributed by atoms with van der Waals surface area (Å²) in [5.41, 5.74) is 4.63. The fourth-order valence-electron chi connectivity index (χ4n) is 2.15. The number of hydrogen-bond donors (Lipinski definition) is 0. The van der Waals surface area contributed by atoms with Crippen LogP contribution in [0.2, 0.25) is 0 Å². The van der Waals surface area contributed by atoms with Crippen molar-refractivity contribution >= 4 is 0 Å². The summed E-state index contributed by atoms with van der Waals surface area (Å²) < 4.78 is 0. The summed E-state index contributed by atoms with van der Waals surface area (Å²) in [5.74, 6) is 0. The molecule has 1 aromatic rings. The van der Waals surface area contributed by atoms with Gasteiger partial charge < -0.3 is 4.90 Å². The van der Waals surface area contributed by atoms with E-state index in [1.165, 1.54) is 24.8 Å². The summed E-state index contributed by atoms with van der Waals surface area (Å²) in [6.45, 7) is 4.41. The van der Waals surface area contributed by atoms with Gasteiger partial charge in [0.2, 0.25) is 0 Å². The number of benzene rings is 1. The van der Waals surface area contributed by atoms with Gasteiger partial charge in [-0.05, 0) is 49.5 Å². The molecular formula is C13H19N. The lowest BCUT2D eigenvalue weighted by atomic mass is 10.1. The molecule has 0 aromatic heterocycles. The first-order valence-corrected chi connectivity index (χ1v) is 5.59. The van der Waals surface area contributed by atoms with Crippen molar-refractivity contribution in [2.45, 2.75) is 32.7 Å². The summed E-state index contributed by atoms with van der Waals surface area (Å²) in [4.78, 5) is 2.34. The van der Waals surface area contributed by atoms with E-state index in [1.54, 1.807) is 11.1 Å². The molecule has 0 fully saturated rings. The highest BCUT2D eigenvalue weighted by molar-refractivity contribution is 5.35. The zero-order chi connectivity index (χ0) is 9.97. The first kappa shape index (κ1) is 9.72. The topological polar surface area (TPSA) is 3.24 Å². The van der Waals surface area contributed by atoms with Crippen molar-refractivity contribution in [1.29, 1.82) is 0 Å². The maximum Gasteiger partial charge on any atom is 0.0230 e. The molecule has 0 amide bonds. The molecule has 76 valence electrons. The van der Waals surface area contributed by atoms with Crippen LogP contribution in [0.3, 0.4) is 0 Å². The molecule has 0 N–H and O–H groups in total. The van der Waals surface area contributed by atoms with Crippen molar-refractivity contribution in [2.24, 2.45) is 0 Å². The molecule has 0 radical (unpaired) electrons. The fourth-order valence-corrected chi connectivity index (χ4v) is 2.15. The van der Waals surface area contributed by atoms with Gasteiger partial charge in [0, 0.05) is 6.54 Å². The molecule has 0 spiro atoms. The number of rotatable bonds is 3. The number of nitrogens with zero attached hydrogens (tertiary/aromatic N) is 1. The van der Waals surface area contributed by atoms with Crippen molar-refractivity contribution in [2.75, 3.05) is 13.6 Å². The molecule has 0 aliphatic heterocycles. The zero-order valence-electron chi connectivity index (χ0n) is 9.21. The third-order valence-corrected chi connectivity index (χ3v) is 3.16. The van der Waals surface area contributed by atoms with Crippen molar-refractivity contribution < 1.29 is 0 Å². The molecule has 1 aromatic carbocycles. The monoisotopic (exact) mass is 189 g/mol. The summed E-state index contributed by atoms with van der Waals surface area (Å²) in [5, 5.41) is 0. The Hall–Kier alpha value is -0.820. The van der Waals surface area contributed by atoms with Crippen molar-refractivity contribution in [3.8, 4) is 0 Å². The van der Waals surface area contributed by atoms with E-state index < -0.39 is 0 Å². The largest absolute Gasteiger partial charge is 0.302 e. The maximum atomic E-state index is 2.40. The lowest BCUT2D eigenvalue weighted by Crippen LogP contribution is -2.16. The molecule has 2 rings (SSSR count). The SMILES string of the molecule is CCN(C)Cc1ccc2c(c1)CCC2. The summed E-state index contributed by atoms with van der Waals surface area (Å²) >= 11 is 0. The van der Waals surface area contributed by atoms with E-state index in [2.05, 4.69) is 37.1 Å². The normalized spacial score (nSPS) is 14.8. The molecule has 0 saturated carbocycles. The van der Waals surface area contributed by atoms with Crippen LogP contribution in [0.15, 0.2) is 18.2 Å². The molecule has 0 heterocycles. The zero-order valence-corrected chi connectivity index (χ0v) is 9.21. The van der Waals surface area contributed by atoms with Gasteiger partial charge in [-0.15, -0.1) is 0 Å². The van der Waals surface area contributed by atoms with Crippen molar-refractivity contribution in [3.63, 3.8) is 0 Å². The van der Waals surface area contributed by atoms with Crippen LogP contribution in [0.25, 0.3) is 0 Å². The summed E-state index contributed by atoms with van der Waals surface area (Å²) in [6, 6.07) is 7.01. The van der Waals surface area contributed by atoms with E-state index in [4.69, 9.17) is 0 Å². The van der Waals surface area contributed by atoms with Crippen molar-refractivity contribution in [3.05, 3.63) is 34.9 Å². The average Bonchev–Trinajstić information content (AvgIpc) is 2.64. The minimum atomic E-state index is 1.09. The second-order valence-electron chi connectivity index (χ2n) is 4.29. The van der Waals surface area contributed by atoms with Gasteiger partial charge in [0.25, 0.3) is 0 Å². The highest BCUT2D eigenvalue weighted by Crippen LogP contribution is 2.23. The van der Waals surface area contributed by atoms with Gasteiger partial charge in [0.1, 0.15) is 0 Å². The summed E-state index contributed by atoms with van der Waals surface area (Å²) in [7, 11) is 2.17. The van der Waals surface area contributed by atoms with Gasteiger partial charge in [0.05, 0.1) is 0 Å². The maximum absolute atomic E-state index is 2.40. The molecule has 0 bridgehead atoms. The van der Waals surface area contributed by atoms with Gasteiger partial charge >= 0.3 is 0 Å². The number of aryl methyl sites for hydroxylation is 2. The van der Waals surface area contributed by atoms with Crippen LogP contribution in [-0.4, -0.2) is 18.5 Å². The average molecular weight is 189 g/mol. The molecular weight excluding hydrogens is 170 g/mol. The minimum absolute atomic E-state index is 1.09. The standard InChI is InChI=1S/C13H19N/c1-3-14(2)10-11-7-8-12-5-4-6-13(12)9-11/h7-9H,3-6,10H2,1-2H3. The van der Waals surface area contributed by atoms with E-state index in [1.807, 2.05) is 0 Å². The molecule has 0 unspecified atom stereocenters. The Balaban J connectivity index is 2.12. The highest BCUT2D eigenvalue weighted by atomic mass is 15.1. The lowest BCUT2D eigenvalue weighted by molar-refractivity contribution is 0.345. The third-order valence-electron chi connectivity index (χ3n) is 3.16. The first-order chi connectivity index (χ1) is 6.79. The Morgan fingerprint density at radius 3 is 2.79 bits per heavy atom. The van der Waals surface area contributed by atoms with Gasteiger partial charge in [-0.2, -0.15) is 0 Å². The quantitative estimate of drug-likeness (QED) is 0.706. The van der Waals surface area contributed by atoms with E-state index in [0.29, 0.717) is 0 Å². The van der Waals surface area contributed by atoms with Crippen LogP contribution in [0.1, 0.15) is 30.0 Å². The van der Waals surface area contributed by atoms with Gasteiger partial charge in [-0.3, -0.25) is 0 Å². The van der Waals surface area contributed by atoms with E-state index >= 15 is 0 Å². The molecule has 1 aliphatic rings. The Morgan fingerprint density at radius 2 is 2.00 bits per heavy atom. The fraction of sp³-hybridized carbons (Fsp3) is 0.538. The molecule has 14 heavy (non-hydrogen) atoms. The van der Waals surface area contributed by atoms with Crippen LogP contribution >= 0.6 is 0 Å². The Kier molecular flexibility index (Phi) is 2.87. The Bertz CT molecular complexity index is 317. The first-order valence-electron chi connectivity index (χ1n) is 5.59. The van der Waals surface area contributed by atoms with E-state index in [-0.39, 0.29) is 0 Å². The van der Waals surface area contributed by atoms with Crippen LogP contribution < -0.4 is 0 Å². The van der Waals surface area contributed by atoms with Crippen LogP contribution in [0.4, 0.5) is 0 Å². The molecule has 1 nitrogen and oxygen atoms in total. The van der Waals surface area contributed by atoms with Gasteiger partial charge in [0.15, 0.2) is 0 Å². The number of fused-ring (bicyclic) bond motifs is 1. The van der Waals surface area contributed by atoms with Gasteiger partial charge in [-0.1, -0.05) is 25.1 Å². The Labute approximate surface area is 86.7 Å². The molecule has 1 heteroatoms. The second-order valence-corrected chi connectivity index (χ2v) is 4.29. The second kappa shape index (κ2) is 4.14. The lowest BCUT2D eigenvalue weighted by Gasteiger charge is -2.14. The summed E-state index contributed by atoms with van der Waals surface area (Å²) in [6.07, 6.45) is 3.93. The minimum Gasteiger partial charge on any atom is -0.302 e. The van der Waals surface area contributed by atoms with Crippen LogP contribution in [0.5, 0.6) is 0 Å². The van der Waals surface area contributed by atoms with Gasteiger partial charge in [-0.25, -0.2) is 0 Å². The number of hydrogen-bond acceptors (Lipinski definition) is 1. The molecule has 1 aliphatic carbocycles. The molecule has 0 atom stereocenters. The van der Waals surface area contributed by atoms with E-state index in [9.17, 15) is 0 Å². The Morgan fingerprint density at radius 1 is 1.21 bits per heavy atom. The third kappa shape index (κ3) is 1.98. The molecule has 0 saturated heterocycles.